The number of hydrogen-bond donors (Lipinski definition) is 1. The smallest absolute Gasteiger partial charge is 0.249 e. The maximum Gasteiger partial charge on any atom is 0.249 e. The average molecular weight is 263 g/mol. The molecule has 1 aromatic carbocycles. The number of carbonyl (C=O) groups excluding carboxylic acids is 2. The van der Waals surface area contributed by atoms with Gasteiger partial charge in [-0.1, -0.05) is 12.1 Å². The number of carbonyl (C=O) groups is 2. The van der Waals surface area contributed by atoms with Crippen molar-refractivity contribution in [3.63, 3.8) is 0 Å². The van der Waals surface area contributed by atoms with Gasteiger partial charge in [0, 0.05) is 12.2 Å². The highest BCUT2D eigenvalue weighted by Crippen LogP contribution is 2.13. The number of benzene rings is 1. The van der Waals surface area contributed by atoms with Crippen LogP contribution >= 0.6 is 0 Å². The molecule has 0 aliphatic carbocycles. The predicted molar refractivity (Wildman–Crippen MR) is 69.3 cm³/mol. The van der Waals surface area contributed by atoms with Crippen molar-refractivity contribution in [1.82, 2.24) is 5.32 Å². The third-order valence-corrected chi connectivity index (χ3v) is 3.04. The van der Waals surface area contributed by atoms with Crippen LogP contribution in [0.3, 0.4) is 0 Å². The molecule has 1 aliphatic rings. The first-order valence-electron chi connectivity index (χ1n) is 6.27. The van der Waals surface area contributed by atoms with Crippen LogP contribution in [0.4, 0.5) is 0 Å². The van der Waals surface area contributed by atoms with Crippen molar-refractivity contribution in [3.05, 3.63) is 29.8 Å². The van der Waals surface area contributed by atoms with Gasteiger partial charge < -0.3 is 14.8 Å². The average Bonchev–Trinajstić information content (AvgIpc) is 2.98. The maximum atomic E-state index is 11.9. The predicted octanol–water partition coefficient (Wildman–Crippen LogP) is 1.17. The fourth-order valence-corrected chi connectivity index (χ4v) is 1.96. The molecule has 1 aliphatic heterocycles. The number of nitrogens with one attached hydrogen (secondary N) is 1. The molecule has 2 rings (SSSR count). The minimum absolute atomic E-state index is 0.0220. The third kappa shape index (κ3) is 3.54. The quantitative estimate of drug-likeness (QED) is 0.810. The molecule has 1 unspecified atom stereocenters. The van der Waals surface area contributed by atoms with E-state index in [1.54, 1.807) is 31.4 Å². The molecule has 102 valence electrons. The van der Waals surface area contributed by atoms with Crippen LogP contribution in [0.2, 0.25) is 0 Å². The van der Waals surface area contributed by atoms with Gasteiger partial charge >= 0.3 is 0 Å². The van der Waals surface area contributed by atoms with Crippen LogP contribution in [0, 0.1) is 0 Å². The molecular weight excluding hydrogens is 246 g/mol. The lowest BCUT2D eigenvalue weighted by Gasteiger charge is -2.10. The monoisotopic (exact) mass is 263 g/mol. The molecule has 0 radical (unpaired) electrons. The van der Waals surface area contributed by atoms with Crippen molar-refractivity contribution in [2.45, 2.75) is 18.9 Å². The fourth-order valence-electron chi connectivity index (χ4n) is 1.96. The maximum absolute atomic E-state index is 11.9. The molecule has 1 atom stereocenters. The van der Waals surface area contributed by atoms with Gasteiger partial charge in [0.05, 0.1) is 13.7 Å². The van der Waals surface area contributed by atoms with Crippen molar-refractivity contribution in [3.8, 4) is 5.75 Å². The zero-order chi connectivity index (χ0) is 13.7. The summed E-state index contributed by atoms with van der Waals surface area (Å²) in [7, 11) is 1.54. The van der Waals surface area contributed by atoms with Crippen LogP contribution in [-0.2, 0) is 9.53 Å². The fraction of sp³-hybridized carbons (Fsp3) is 0.429. The van der Waals surface area contributed by atoms with E-state index in [1.807, 2.05) is 0 Å². The van der Waals surface area contributed by atoms with E-state index < -0.39 is 6.10 Å². The van der Waals surface area contributed by atoms with E-state index >= 15 is 0 Å². The van der Waals surface area contributed by atoms with Crippen LogP contribution in [0.1, 0.15) is 23.2 Å². The van der Waals surface area contributed by atoms with Crippen molar-refractivity contribution in [1.29, 1.82) is 0 Å². The third-order valence-electron chi connectivity index (χ3n) is 3.04. The van der Waals surface area contributed by atoms with Crippen LogP contribution in [0.15, 0.2) is 24.3 Å². The van der Waals surface area contributed by atoms with E-state index in [0.29, 0.717) is 17.9 Å². The number of ketones is 1. The lowest BCUT2D eigenvalue weighted by molar-refractivity contribution is -0.129. The molecule has 1 N–H and O–H groups in total. The molecule has 5 nitrogen and oxygen atoms in total. The van der Waals surface area contributed by atoms with Crippen LogP contribution in [-0.4, -0.2) is 38.1 Å². The van der Waals surface area contributed by atoms with Gasteiger partial charge in [0.15, 0.2) is 5.78 Å². The van der Waals surface area contributed by atoms with Gasteiger partial charge in [0.25, 0.3) is 0 Å². The lowest BCUT2D eigenvalue weighted by atomic mass is 10.1. The second-order valence-corrected chi connectivity index (χ2v) is 4.37. The van der Waals surface area contributed by atoms with E-state index in [1.165, 1.54) is 0 Å². The topological polar surface area (TPSA) is 64.6 Å². The lowest BCUT2D eigenvalue weighted by Crippen LogP contribution is -2.37. The highest BCUT2D eigenvalue weighted by Gasteiger charge is 2.23. The Morgan fingerprint density at radius 3 is 3.00 bits per heavy atom. The number of methoxy groups -OCH3 is 1. The van der Waals surface area contributed by atoms with Crippen LogP contribution in [0.5, 0.6) is 5.75 Å². The summed E-state index contributed by atoms with van der Waals surface area (Å²) in [5.41, 5.74) is 0.520. The molecule has 1 amide bonds. The van der Waals surface area contributed by atoms with E-state index in [4.69, 9.17) is 9.47 Å². The Morgan fingerprint density at radius 2 is 2.32 bits per heavy atom. The molecule has 1 saturated heterocycles. The summed E-state index contributed by atoms with van der Waals surface area (Å²) < 4.78 is 10.3. The standard InChI is InChI=1S/C14H17NO4/c1-18-11-5-2-4-10(8-11)12(16)9-15-14(17)13-6-3-7-19-13/h2,4-5,8,13H,3,6-7,9H2,1H3,(H,15,17). The highest BCUT2D eigenvalue weighted by atomic mass is 16.5. The summed E-state index contributed by atoms with van der Waals surface area (Å²) in [5, 5.41) is 2.61. The summed E-state index contributed by atoms with van der Waals surface area (Å²) in [4.78, 5) is 23.6. The van der Waals surface area contributed by atoms with Gasteiger partial charge in [-0.05, 0) is 25.0 Å². The van der Waals surface area contributed by atoms with Crippen molar-refractivity contribution < 1.29 is 19.1 Å². The van der Waals surface area contributed by atoms with E-state index in [0.717, 1.165) is 12.8 Å². The molecule has 1 fully saturated rings. The summed E-state index contributed by atoms with van der Waals surface area (Å²) in [6.45, 7) is 0.591. The van der Waals surface area contributed by atoms with Gasteiger partial charge in [0.2, 0.25) is 5.91 Å². The molecule has 5 heteroatoms. The van der Waals surface area contributed by atoms with Gasteiger partial charge in [0.1, 0.15) is 11.9 Å². The molecule has 1 heterocycles. The van der Waals surface area contributed by atoms with E-state index in [9.17, 15) is 9.59 Å². The van der Waals surface area contributed by atoms with Crippen LogP contribution < -0.4 is 10.1 Å². The number of Topliss-reactive ketones (excluding diaryl/α,β-unsaturated/α-hetero) is 1. The molecule has 0 spiro atoms. The first-order valence-corrected chi connectivity index (χ1v) is 6.27. The van der Waals surface area contributed by atoms with Gasteiger partial charge in [-0.3, -0.25) is 9.59 Å². The first-order chi connectivity index (χ1) is 9.20. The van der Waals surface area contributed by atoms with E-state index in [2.05, 4.69) is 5.32 Å². The zero-order valence-electron chi connectivity index (χ0n) is 10.8. The molecule has 0 saturated carbocycles. The zero-order valence-corrected chi connectivity index (χ0v) is 10.8. The minimum atomic E-state index is -0.405. The van der Waals surface area contributed by atoms with Gasteiger partial charge in [-0.15, -0.1) is 0 Å². The molecule has 0 bridgehead atoms. The second-order valence-electron chi connectivity index (χ2n) is 4.37. The second kappa shape index (κ2) is 6.33. The molecular formula is C14H17NO4. The molecule has 19 heavy (non-hydrogen) atoms. The van der Waals surface area contributed by atoms with Crippen LogP contribution in [0.25, 0.3) is 0 Å². The summed E-state index contributed by atoms with van der Waals surface area (Å²) in [6, 6.07) is 6.86. The van der Waals surface area contributed by atoms with Crippen molar-refractivity contribution in [2.24, 2.45) is 0 Å². The number of ether oxygens (including phenoxy) is 2. The Balaban J connectivity index is 1.88. The normalized spacial score (nSPS) is 18.1. The molecule has 0 aromatic heterocycles. The SMILES string of the molecule is COc1cccc(C(=O)CNC(=O)C2CCCO2)c1. The Labute approximate surface area is 111 Å². The summed E-state index contributed by atoms with van der Waals surface area (Å²) in [6.07, 6.45) is 1.21. The van der Waals surface area contributed by atoms with Gasteiger partial charge in [-0.2, -0.15) is 0 Å². The first kappa shape index (κ1) is 13.5. The summed E-state index contributed by atoms with van der Waals surface area (Å²) >= 11 is 0. The minimum Gasteiger partial charge on any atom is -0.497 e. The highest BCUT2D eigenvalue weighted by molar-refractivity contribution is 6.00. The number of amides is 1. The van der Waals surface area contributed by atoms with Crippen molar-refractivity contribution >= 4 is 11.7 Å². The Kier molecular flexibility index (Phi) is 4.52. The Hall–Kier alpha value is -1.88. The summed E-state index contributed by atoms with van der Waals surface area (Å²) in [5.74, 6) is 0.260. The van der Waals surface area contributed by atoms with Gasteiger partial charge in [-0.25, -0.2) is 0 Å². The Bertz CT molecular complexity index is 466. The van der Waals surface area contributed by atoms with E-state index in [-0.39, 0.29) is 18.2 Å². The largest absolute Gasteiger partial charge is 0.497 e. The van der Waals surface area contributed by atoms with Crippen molar-refractivity contribution in [2.75, 3.05) is 20.3 Å². The number of rotatable bonds is 5. The molecule has 1 aromatic rings. The number of hydrogen-bond acceptors (Lipinski definition) is 4. The Morgan fingerprint density at radius 1 is 1.47 bits per heavy atom.